The molecule has 1 N–H and O–H groups in total. The molecule has 0 bridgehead atoms. The molecular weight excluding hydrogens is 270 g/mol. The van der Waals surface area contributed by atoms with Crippen molar-refractivity contribution in [2.75, 3.05) is 18.5 Å². The van der Waals surface area contributed by atoms with Crippen LogP contribution >= 0.6 is 0 Å². The number of hydrogen-bond acceptors (Lipinski definition) is 4. The fraction of sp³-hybridized carbons (Fsp3) is 0.267. The van der Waals surface area contributed by atoms with Gasteiger partial charge in [-0.2, -0.15) is 5.10 Å². The van der Waals surface area contributed by atoms with Crippen LogP contribution in [0.1, 0.15) is 22.8 Å². The van der Waals surface area contributed by atoms with Crippen molar-refractivity contribution in [1.82, 2.24) is 9.78 Å². The Labute approximate surface area is 122 Å². The summed E-state index contributed by atoms with van der Waals surface area (Å²) in [4.78, 5) is 24.9. The van der Waals surface area contributed by atoms with E-state index in [2.05, 4.69) is 5.10 Å². The summed E-state index contributed by atoms with van der Waals surface area (Å²) >= 11 is 0. The molecule has 1 aromatic carbocycles. The van der Waals surface area contributed by atoms with Crippen LogP contribution in [-0.4, -0.2) is 34.4 Å². The monoisotopic (exact) mass is 287 g/mol. The molecule has 0 aliphatic heterocycles. The molecule has 110 valence electrons. The standard InChI is InChI=1S/C15H17N3O3/c1-3-17(2)13-8-14(19)18(16-9-13)10-11-5-4-6-12(7-11)15(20)21/h4-9H,3,10H2,1-2H3,(H,20,21). The number of carbonyl (C=O) groups is 1. The van der Waals surface area contributed by atoms with E-state index in [-0.39, 0.29) is 17.7 Å². The average molecular weight is 287 g/mol. The molecule has 0 fully saturated rings. The number of carboxylic acids is 1. The molecule has 0 spiro atoms. The van der Waals surface area contributed by atoms with E-state index in [0.29, 0.717) is 0 Å². The molecule has 0 unspecified atom stereocenters. The molecule has 0 radical (unpaired) electrons. The predicted molar refractivity (Wildman–Crippen MR) is 79.9 cm³/mol. The zero-order valence-corrected chi connectivity index (χ0v) is 12.0. The van der Waals surface area contributed by atoms with E-state index in [1.54, 1.807) is 24.4 Å². The lowest BCUT2D eigenvalue weighted by atomic mass is 10.1. The molecule has 2 aromatic rings. The van der Waals surface area contributed by atoms with Gasteiger partial charge >= 0.3 is 5.97 Å². The number of nitrogens with zero attached hydrogens (tertiary/aromatic N) is 3. The number of rotatable bonds is 5. The number of benzene rings is 1. The molecule has 2 rings (SSSR count). The molecule has 6 heteroatoms. The molecular formula is C15H17N3O3. The van der Waals surface area contributed by atoms with Crippen molar-refractivity contribution < 1.29 is 9.90 Å². The van der Waals surface area contributed by atoms with E-state index in [9.17, 15) is 9.59 Å². The predicted octanol–water partition coefficient (Wildman–Crippen LogP) is 1.45. The molecule has 1 aromatic heterocycles. The SMILES string of the molecule is CCN(C)c1cnn(Cc2cccc(C(=O)O)c2)c(=O)c1. The third-order valence-electron chi connectivity index (χ3n) is 3.28. The Morgan fingerprint density at radius 1 is 1.38 bits per heavy atom. The third kappa shape index (κ3) is 3.47. The van der Waals surface area contributed by atoms with Crippen molar-refractivity contribution in [2.45, 2.75) is 13.5 Å². The minimum Gasteiger partial charge on any atom is -0.478 e. The number of anilines is 1. The van der Waals surface area contributed by atoms with Crippen molar-refractivity contribution in [3.05, 3.63) is 58.0 Å². The Morgan fingerprint density at radius 3 is 2.76 bits per heavy atom. The van der Waals surface area contributed by atoms with Gasteiger partial charge in [-0.1, -0.05) is 12.1 Å². The van der Waals surface area contributed by atoms with Crippen LogP contribution < -0.4 is 10.5 Å². The van der Waals surface area contributed by atoms with Gasteiger partial charge in [0.2, 0.25) is 0 Å². The number of carboxylic acid groups (broad SMARTS) is 1. The van der Waals surface area contributed by atoms with Gasteiger partial charge in [0.05, 0.1) is 24.0 Å². The van der Waals surface area contributed by atoms with Gasteiger partial charge in [0.15, 0.2) is 0 Å². The van der Waals surface area contributed by atoms with E-state index in [4.69, 9.17) is 5.11 Å². The lowest BCUT2D eigenvalue weighted by Crippen LogP contribution is -2.26. The number of aromatic nitrogens is 2. The number of aromatic carboxylic acids is 1. The zero-order chi connectivity index (χ0) is 15.4. The maximum Gasteiger partial charge on any atom is 0.335 e. The van der Waals surface area contributed by atoms with Gasteiger partial charge in [-0.3, -0.25) is 4.79 Å². The van der Waals surface area contributed by atoms with Crippen LogP contribution in [0.4, 0.5) is 5.69 Å². The summed E-state index contributed by atoms with van der Waals surface area (Å²) in [6.07, 6.45) is 1.63. The Balaban J connectivity index is 2.26. The van der Waals surface area contributed by atoms with Crippen molar-refractivity contribution in [3.8, 4) is 0 Å². The highest BCUT2D eigenvalue weighted by atomic mass is 16.4. The molecule has 6 nitrogen and oxygen atoms in total. The first-order chi connectivity index (χ1) is 10.0. The minimum atomic E-state index is -0.989. The molecule has 0 aliphatic carbocycles. The summed E-state index contributed by atoms with van der Waals surface area (Å²) in [6, 6.07) is 8.01. The lowest BCUT2D eigenvalue weighted by molar-refractivity contribution is 0.0696. The second-order valence-corrected chi connectivity index (χ2v) is 4.73. The van der Waals surface area contributed by atoms with E-state index >= 15 is 0 Å². The molecule has 0 amide bonds. The maximum atomic E-state index is 12.0. The van der Waals surface area contributed by atoms with Crippen LogP contribution in [0.2, 0.25) is 0 Å². The molecule has 21 heavy (non-hydrogen) atoms. The highest BCUT2D eigenvalue weighted by molar-refractivity contribution is 5.87. The average Bonchev–Trinajstić information content (AvgIpc) is 2.48. The zero-order valence-electron chi connectivity index (χ0n) is 12.0. The van der Waals surface area contributed by atoms with Crippen molar-refractivity contribution in [2.24, 2.45) is 0 Å². The van der Waals surface area contributed by atoms with Crippen LogP contribution in [0, 0.1) is 0 Å². The van der Waals surface area contributed by atoms with Gasteiger partial charge in [0.25, 0.3) is 5.56 Å². The first-order valence-electron chi connectivity index (χ1n) is 6.61. The normalized spacial score (nSPS) is 10.4. The van der Waals surface area contributed by atoms with Crippen molar-refractivity contribution >= 4 is 11.7 Å². The molecule has 0 atom stereocenters. The highest BCUT2D eigenvalue weighted by Gasteiger charge is 2.06. The van der Waals surface area contributed by atoms with Gasteiger partial charge in [-0.25, -0.2) is 9.48 Å². The van der Waals surface area contributed by atoms with Crippen LogP contribution in [-0.2, 0) is 6.54 Å². The summed E-state index contributed by atoms with van der Waals surface area (Å²) in [6.45, 7) is 3.02. The Bertz CT molecular complexity index is 709. The van der Waals surface area contributed by atoms with Gasteiger partial charge < -0.3 is 10.0 Å². The van der Waals surface area contributed by atoms with Crippen LogP contribution in [0.5, 0.6) is 0 Å². The first-order valence-corrected chi connectivity index (χ1v) is 6.61. The largest absolute Gasteiger partial charge is 0.478 e. The van der Waals surface area contributed by atoms with Crippen LogP contribution in [0.25, 0.3) is 0 Å². The topological polar surface area (TPSA) is 75.4 Å². The molecule has 0 aliphatic rings. The Morgan fingerprint density at radius 2 is 2.14 bits per heavy atom. The van der Waals surface area contributed by atoms with Crippen LogP contribution in [0.15, 0.2) is 41.3 Å². The summed E-state index contributed by atoms with van der Waals surface area (Å²) in [7, 11) is 1.89. The fourth-order valence-corrected chi connectivity index (χ4v) is 1.91. The molecule has 0 saturated carbocycles. The van der Waals surface area contributed by atoms with E-state index in [1.165, 1.54) is 16.8 Å². The second-order valence-electron chi connectivity index (χ2n) is 4.73. The Kier molecular flexibility index (Phi) is 4.37. The quantitative estimate of drug-likeness (QED) is 0.900. The number of hydrogen-bond donors (Lipinski definition) is 1. The van der Waals surface area contributed by atoms with E-state index < -0.39 is 5.97 Å². The van der Waals surface area contributed by atoms with E-state index in [0.717, 1.165) is 17.8 Å². The van der Waals surface area contributed by atoms with E-state index in [1.807, 2.05) is 18.9 Å². The lowest BCUT2D eigenvalue weighted by Gasteiger charge is -2.16. The first kappa shape index (κ1) is 14.8. The fourth-order valence-electron chi connectivity index (χ4n) is 1.91. The highest BCUT2D eigenvalue weighted by Crippen LogP contribution is 2.08. The summed E-state index contributed by atoms with van der Waals surface area (Å²) in [5.74, 6) is -0.989. The van der Waals surface area contributed by atoms with Crippen molar-refractivity contribution in [3.63, 3.8) is 0 Å². The Hall–Kier alpha value is -2.63. The van der Waals surface area contributed by atoms with Gasteiger partial charge in [0.1, 0.15) is 0 Å². The third-order valence-corrected chi connectivity index (χ3v) is 3.28. The maximum absolute atomic E-state index is 12.0. The van der Waals surface area contributed by atoms with Gasteiger partial charge in [-0.15, -0.1) is 0 Å². The van der Waals surface area contributed by atoms with Crippen molar-refractivity contribution in [1.29, 1.82) is 0 Å². The summed E-state index contributed by atoms with van der Waals surface area (Å²) in [5, 5.41) is 13.1. The molecule has 0 saturated heterocycles. The van der Waals surface area contributed by atoms with Crippen LogP contribution in [0.3, 0.4) is 0 Å². The smallest absolute Gasteiger partial charge is 0.335 e. The van der Waals surface area contributed by atoms with Gasteiger partial charge in [0, 0.05) is 19.7 Å². The molecule has 1 heterocycles. The summed E-state index contributed by atoms with van der Waals surface area (Å²) < 4.78 is 1.31. The minimum absolute atomic E-state index is 0.197. The second kappa shape index (κ2) is 6.21. The summed E-state index contributed by atoms with van der Waals surface area (Å²) in [5.41, 5.74) is 1.47. The van der Waals surface area contributed by atoms with Gasteiger partial charge in [-0.05, 0) is 24.6 Å².